The zero-order valence-electron chi connectivity index (χ0n) is 72.4. The summed E-state index contributed by atoms with van der Waals surface area (Å²) in [6.45, 7) is 71.4. The van der Waals surface area contributed by atoms with Crippen LogP contribution in [0.2, 0.25) is 0 Å². The number of piperidine rings is 2. The van der Waals surface area contributed by atoms with Gasteiger partial charge in [0, 0.05) is 181 Å². The number of hydrogen-bond acceptors (Lipinski definition) is 22. The van der Waals surface area contributed by atoms with Crippen molar-refractivity contribution < 1.29 is 28.8 Å². The van der Waals surface area contributed by atoms with Crippen LogP contribution in [-0.2, 0) is 31.7 Å². The quantitative estimate of drug-likeness (QED) is 0.0101. The molecule has 104 heavy (non-hydrogen) atoms. The van der Waals surface area contributed by atoms with Gasteiger partial charge in [-0.1, -0.05) is 113 Å². The lowest BCUT2D eigenvalue weighted by atomic mass is 10.0. The van der Waals surface area contributed by atoms with Crippen LogP contribution in [0, 0.1) is 6.92 Å². The molecular weight excluding hydrogens is 1360 g/mol. The number of rotatable bonds is 35. The van der Waals surface area contributed by atoms with E-state index in [2.05, 4.69) is 224 Å². The van der Waals surface area contributed by atoms with Crippen LogP contribution in [0.25, 0.3) is 0 Å². The Bertz CT molecular complexity index is 2320. The number of nitrogens with zero attached hydrogens (tertiary/aromatic N) is 6. The molecule has 3 aliphatic heterocycles. The number of hydrogen-bond donors (Lipinski definition) is 12. The summed E-state index contributed by atoms with van der Waals surface area (Å²) in [6.07, 6.45) is 4.93. The second-order valence-corrected chi connectivity index (χ2v) is 40.2. The van der Waals surface area contributed by atoms with Gasteiger partial charge in [0.15, 0.2) is 0 Å². The van der Waals surface area contributed by atoms with Crippen LogP contribution in [0.4, 0.5) is 0 Å². The SMILES string of the molecule is C=S1CCN(C(C)C)CC1.CC(C)N1CCC(N)CC1.CC(C)NCCN(C)C.CC(C)NCCNN.CC(C)NCCOCP(C)(C)=O.CC(C)NCc1ccc(P(C)(C)=O)cc1.CCOCCN1CCC(NC(C)C)CC1.CNCCNC(C)C.Cc1ccc(O)c(CN(C[C@H](C)O)C(C)C)n1. The van der Waals surface area contributed by atoms with Gasteiger partial charge in [-0.2, -0.15) is 10.5 Å². The third-order valence-electron chi connectivity index (χ3n) is 16.3. The Morgan fingerprint density at radius 2 is 1.13 bits per heavy atom. The summed E-state index contributed by atoms with van der Waals surface area (Å²) >= 11 is 0. The number of ether oxygens (including phenoxy) is 2. The Hall–Kier alpha value is -1.87. The maximum Gasteiger partial charge on any atom is 0.138 e. The summed E-state index contributed by atoms with van der Waals surface area (Å²) in [4.78, 5) is 16.1. The van der Waals surface area contributed by atoms with Crippen molar-refractivity contribution in [3.05, 3.63) is 53.3 Å². The van der Waals surface area contributed by atoms with E-state index in [1.165, 1.54) is 82.0 Å². The molecule has 0 saturated carbocycles. The highest BCUT2D eigenvalue weighted by atomic mass is 32.2. The average molecular weight is 1540 g/mol. The number of hydrazine groups is 1. The van der Waals surface area contributed by atoms with Crippen molar-refractivity contribution in [2.24, 2.45) is 11.6 Å². The predicted octanol–water partition coefficient (Wildman–Crippen LogP) is 9.61. The van der Waals surface area contributed by atoms with E-state index in [9.17, 15) is 19.3 Å². The van der Waals surface area contributed by atoms with Crippen LogP contribution in [0.1, 0.15) is 181 Å². The number of aliphatic hydroxyl groups excluding tert-OH is 1. The van der Waals surface area contributed by atoms with Crippen molar-refractivity contribution in [1.29, 1.82) is 0 Å². The molecule has 0 aliphatic carbocycles. The minimum absolute atomic E-state index is 0.215. The van der Waals surface area contributed by atoms with E-state index in [1.807, 2.05) is 38.2 Å². The third kappa shape index (κ3) is 73.0. The van der Waals surface area contributed by atoms with Crippen molar-refractivity contribution in [3.63, 3.8) is 0 Å². The van der Waals surface area contributed by atoms with E-state index in [-0.39, 0.29) is 11.9 Å². The lowest BCUT2D eigenvalue weighted by Gasteiger charge is -2.33. The van der Waals surface area contributed by atoms with Crippen molar-refractivity contribution in [3.8, 4) is 5.75 Å². The van der Waals surface area contributed by atoms with Gasteiger partial charge in [0.1, 0.15) is 20.0 Å². The summed E-state index contributed by atoms with van der Waals surface area (Å²) in [5.74, 6) is 12.0. The first-order valence-corrected chi connectivity index (χ1v) is 46.6. The van der Waals surface area contributed by atoms with Gasteiger partial charge in [0.2, 0.25) is 0 Å². The van der Waals surface area contributed by atoms with E-state index in [0.29, 0.717) is 96.6 Å². The normalized spacial score (nSPS) is 15.4. The summed E-state index contributed by atoms with van der Waals surface area (Å²) in [7, 11) is 2.54. The fraction of sp³-hybridized carbons (Fsp3) is 0.848. The molecule has 25 heteroatoms. The monoisotopic (exact) mass is 1540 g/mol. The van der Waals surface area contributed by atoms with Gasteiger partial charge >= 0.3 is 0 Å². The minimum Gasteiger partial charge on any atom is -0.506 e. The van der Waals surface area contributed by atoms with E-state index in [4.69, 9.17) is 21.1 Å². The standard InChI is InChI=1S/C13H22N2O2.C12H26N2O.C12H20NOP.C8H18N2.C8H20NO2P.C8H17NS.C7H18N2.C6H16N2.C5H15N3/c1-9(2)15(7-11(4)16)8-12-13(17)6-5-10(3)14-12;1-4-15-10-9-14-7-5-12(6-8-14)13-11(2)3;1-10(2)13-9-11-5-7-12(8-6-11)15(3,4)14;1-7(2)10-5-3-8(9)4-6-10;1-8(2)9-5-6-11-7-12(3,4)10;1-8(2)9-4-6-10(3)7-5-9;1-7(2)8-5-6-9(3)4;1-6(2)8-5-4-7-3;1-5(2)7-3-4-8-6/h5-6,9,11,16-17H,7-8H2,1-4H3;11-13H,4-10H2,1-3H3;5-8,10,13H,9H2,1-4H3;7-8H,3-6,9H2,1-2H3;8-9H,5-7H2,1-4H3;8H,3-7H2,1-2H3;7-8H,5-6H2,1-4H3;6-8H,4-5H2,1-3H3;5,7-8H,3-4,6H2,1-2H3/t11-;;;;;;;;/m0......../s1. The van der Waals surface area contributed by atoms with Crippen LogP contribution < -0.4 is 59.5 Å². The van der Waals surface area contributed by atoms with E-state index in [1.54, 1.807) is 45.7 Å². The Morgan fingerprint density at radius 1 is 0.644 bits per heavy atom. The highest BCUT2D eigenvalue weighted by Gasteiger charge is 2.21. The van der Waals surface area contributed by atoms with Gasteiger partial charge in [-0.05, 0) is 180 Å². The first-order chi connectivity index (χ1) is 48.5. The molecule has 0 radical (unpaired) electrons. The predicted molar refractivity (Wildman–Crippen MR) is 462 cm³/mol. The Kier molecular flexibility index (Phi) is 69.8. The number of aryl methyl sites for hydroxylation is 1. The molecule has 1 aromatic carbocycles. The Labute approximate surface area is 644 Å². The van der Waals surface area contributed by atoms with Gasteiger partial charge in [0.05, 0.1) is 31.4 Å². The topological polar surface area (TPSA) is 270 Å². The summed E-state index contributed by atoms with van der Waals surface area (Å²) in [6, 6.07) is 17.8. The molecular formula is C79H172N16O6P2S. The smallest absolute Gasteiger partial charge is 0.138 e. The third-order valence-corrected chi connectivity index (χ3v) is 20.2. The fourth-order valence-electron chi connectivity index (χ4n) is 10.00. The van der Waals surface area contributed by atoms with E-state index < -0.39 is 14.3 Å². The van der Waals surface area contributed by atoms with Gasteiger partial charge < -0.3 is 86.5 Å². The number of benzene rings is 1. The van der Waals surface area contributed by atoms with Gasteiger partial charge in [-0.3, -0.25) is 26.1 Å². The van der Waals surface area contributed by atoms with E-state index in [0.717, 1.165) is 95.2 Å². The van der Waals surface area contributed by atoms with Gasteiger partial charge in [-0.25, -0.2) is 0 Å². The molecule has 1 aromatic heterocycles. The summed E-state index contributed by atoms with van der Waals surface area (Å²) in [5.41, 5.74) is 11.1. The zero-order valence-corrected chi connectivity index (χ0v) is 75.0. The highest BCUT2D eigenvalue weighted by molar-refractivity contribution is 8.14. The molecule has 4 heterocycles. The first kappa shape index (κ1) is 108. The van der Waals surface area contributed by atoms with Crippen molar-refractivity contribution in [2.75, 3.05) is 184 Å². The fourth-order valence-corrected chi connectivity index (χ4v) is 12.6. The molecule has 0 amide bonds. The largest absolute Gasteiger partial charge is 0.506 e. The number of nitrogens with one attached hydrogen (secondary N) is 8. The minimum atomic E-state index is -2.10. The van der Waals surface area contributed by atoms with Crippen LogP contribution in [-0.4, -0.2) is 302 Å². The molecule has 0 spiro atoms. The maximum atomic E-state index is 11.8. The molecule has 0 unspecified atom stereocenters. The van der Waals surface area contributed by atoms with Crippen molar-refractivity contribution in [2.45, 2.75) is 257 Å². The van der Waals surface area contributed by atoms with Crippen LogP contribution in [0.5, 0.6) is 5.75 Å². The molecule has 3 saturated heterocycles. The number of likely N-dealkylation sites (tertiary alicyclic amines) is 2. The molecule has 0 bridgehead atoms. The van der Waals surface area contributed by atoms with E-state index >= 15 is 0 Å². The summed E-state index contributed by atoms with van der Waals surface area (Å²) in [5, 5.41) is 43.2. The first-order valence-electron chi connectivity index (χ1n) is 39.5. The van der Waals surface area contributed by atoms with Crippen molar-refractivity contribution in [1.82, 2.24) is 72.1 Å². The van der Waals surface area contributed by atoms with Crippen LogP contribution in [0.3, 0.4) is 0 Å². The highest BCUT2D eigenvalue weighted by Crippen LogP contribution is 2.35. The molecule has 2 aromatic rings. The van der Waals surface area contributed by atoms with Gasteiger partial charge in [0.25, 0.3) is 0 Å². The Morgan fingerprint density at radius 3 is 1.56 bits per heavy atom. The molecule has 3 fully saturated rings. The number of aliphatic hydroxyl groups is 1. The number of aromatic nitrogens is 1. The molecule has 620 valence electrons. The summed E-state index contributed by atoms with van der Waals surface area (Å²) < 4.78 is 33.5. The number of aromatic hydroxyl groups is 1. The second-order valence-electron chi connectivity index (χ2n) is 31.5. The molecule has 3 aliphatic rings. The lowest BCUT2D eigenvalue weighted by Crippen LogP contribution is -2.45. The number of pyridine rings is 1. The maximum absolute atomic E-state index is 11.8. The lowest BCUT2D eigenvalue weighted by molar-refractivity contribution is 0.0989. The van der Waals surface area contributed by atoms with Crippen molar-refractivity contribution >= 4 is 35.9 Å². The Balaban J connectivity index is -0.000000547. The van der Waals surface area contributed by atoms with Crippen LogP contribution >= 0.6 is 24.8 Å². The van der Waals surface area contributed by atoms with Crippen LogP contribution in [0.15, 0.2) is 36.4 Å². The van der Waals surface area contributed by atoms with Gasteiger partial charge in [-0.15, -0.1) is 0 Å². The number of nitrogens with two attached hydrogens (primary N) is 2. The molecule has 5 rings (SSSR count). The molecule has 14 N–H and O–H groups in total. The second kappa shape index (κ2) is 66.9. The molecule has 1 atom stereocenters. The average Bonchev–Trinajstić information content (AvgIpc) is 0.865. The zero-order chi connectivity index (χ0) is 80.4. The number of likely N-dealkylation sites (N-methyl/N-ethyl adjacent to an activating group) is 2. The molecule has 22 nitrogen and oxygen atoms in total.